The summed E-state index contributed by atoms with van der Waals surface area (Å²) in [6, 6.07) is 15.2. The number of aliphatic imine (C=N–C) groups is 1. The van der Waals surface area contributed by atoms with Gasteiger partial charge in [-0.2, -0.15) is 0 Å². The Balaban J connectivity index is 1.61. The lowest BCUT2D eigenvalue weighted by molar-refractivity contribution is -0.114. The SMILES string of the molecule is Cc1cc(C)cc(N(CC(=O)Nc2ccccc2)C2=N[C@@H]3CS(=O)(=O)C[C@@H]3S2)c1. The molecular formula is C21H23N3O3S2. The van der Waals surface area contributed by atoms with Crippen LogP contribution in [0.5, 0.6) is 0 Å². The smallest absolute Gasteiger partial charge is 0.244 e. The van der Waals surface area contributed by atoms with E-state index >= 15 is 0 Å². The molecule has 0 radical (unpaired) electrons. The van der Waals surface area contributed by atoms with Crippen LogP contribution in [0.4, 0.5) is 11.4 Å². The fourth-order valence-electron chi connectivity index (χ4n) is 3.71. The van der Waals surface area contributed by atoms with E-state index in [0.717, 1.165) is 22.5 Å². The van der Waals surface area contributed by atoms with E-state index in [1.54, 1.807) is 0 Å². The van der Waals surface area contributed by atoms with E-state index in [1.165, 1.54) is 11.8 Å². The molecule has 4 rings (SSSR count). The van der Waals surface area contributed by atoms with Crippen LogP contribution in [0.15, 0.2) is 53.5 Å². The van der Waals surface area contributed by atoms with Crippen molar-refractivity contribution in [3.8, 4) is 0 Å². The molecule has 0 saturated carbocycles. The van der Waals surface area contributed by atoms with Gasteiger partial charge in [-0.3, -0.25) is 9.79 Å². The second kappa shape index (κ2) is 7.84. The third kappa shape index (κ3) is 4.64. The number of nitrogens with one attached hydrogen (secondary N) is 1. The molecule has 2 aliphatic heterocycles. The normalized spacial score (nSPS) is 22.1. The predicted octanol–water partition coefficient (Wildman–Crippen LogP) is 3.02. The van der Waals surface area contributed by atoms with Crippen molar-refractivity contribution < 1.29 is 13.2 Å². The monoisotopic (exact) mass is 429 g/mol. The average molecular weight is 430 g/mol. The summed E-state index contributed by atoms with van der Waals surface area (Å²) in [5.41, 5.74) is 3.82. The molecule has 2 aromatic carbocycles. The average Bonchev–Trinajstić information content (AvgIpc) is 3.13. The van der Waals surface area contributed by atoms with Crippen LogP contribution in [0.25, 0.3) is 0 Å². The molecule has 2 aromatic rings. The molecule has 2 atom stereocenters. The lowest BCUT2D eigenvalue weighted by Gasteiger charge is -2.25. The number of amidine groups is 1. The molecule has 8 heteroatoms. The van der Waals surface area contributed by atoms with Gasteiger partial charge >= 0.3 is 0 Å². The Morgan fingerprint density at radius 2 is 1.83 bits per heavy atom. The van der Waals surface area contributed by atoms with Crippen LogP contribution >= 0.6 is 11.8 Å². The standard InChI is InChI=1S/C21H23N3O3S2/c1-14-8-15(2)10-17(9-14)24(11-20(25)22-16-6-4-3-5-7-16)21-23-18-12-29(26,27)13-19(18)28-21/h3-10,18-19H,11-13H2,1-2H3,(H,22,25)/t18-,19+/m1/s1. The number of nitrogens with zero attached hydrogens (tertiary/aromatic N) is 2. The number of fused-ring (bicyclic) bond motifs is 1. The fraction of sp³-hybridized carbons (Fsp3) is 0.333. The molecule has 0 bridgehead atoms. The Labute approximate surface area is 175 Å². The van der Waals surface area contributed by atoms with Gasteiger partial charge in [-0.25, -0.2) is 8.42 Å². The second-order valence-corrected chi connectivity index (χ2v) is 10.9. The van der Waals surface area contributed by atoms with Crippen molar-refractivity contribution in [3.63, 3.8) is 0 Å². The minimum atomic E-state index is -3.02. The number of para-hydroxylation sites is 1. The number of hydrogen-bond acceptors (Lipinski definition) is 6. The number of rotatable bonds is 4. The van der Waals surface area contributed by atoms with Crippen molar-refractivity contribution in [3.05, 3.63) is 59.7 Å². The number of anilines is 2. The second-order valence-electron chi connectivity index (χ2n) is 7.56. The highest BCUT2D eigenvalue weighted by atomic mass is 32.2. The highest BCUT2D eigenvalue weighted by molar-refractivity contribution is 8.15. The summed E-state index contributed by atoms with van der Waals surface area (Å²) in [7, 11) is -3.02. The van der Waals surface area contributed by atoms with Crippen LogP contribution in [-0.4, -0.2) is 48.8 Å². The number of carbonyl (C=O) groups excluding carboxylic acids is 1. The molecular weight excluding hydrogens is 406 g/mol. The number of aryl methyl sites for hydroxylation is 2. The fourth-order valence-corrected chi connectivity index (χ4v) is 7.49. The lowest BCUT2D eigenvalue weighted by atomic mass is 10.1. The molecule has 2 heterocycles. The first kappa shape index (κ1) is 20.0. The maximum absolute atomic E-state index is 12.8. The first-order chi connectivity index (χ1) is 13.8. The molecule has 152 valence electrons. The van der Waals surface area contributed by atoms with Gasteiger partial charge in [-0.15, -0.1) is 0 Å². The Bertz CT molecular complexity index is 1050. The number of amides is 1. The minimum absolute atomic E-state index is 0.0689. The minimum Gasteiger partial charge on any atom is -0.325 e. The van der Waals surface area contributed by atoms with Crippen molar-refractivity contribution in [2.45, 2.75) is 25.1 Å². The van der Waals surface area contributed by atoms with E-state index in [4.69, 9.17) is 0 Å². The summed E-state index contributed by atoms with van der Waals surface area (Å²) in [6.07, 6.45) is 0. The first-order valence-corrected chi connectivity index (χ1v) is 12.1. The van der Waals surface area contributed by atoms with Crippen LogP contribution in [0.2, 0.25) is 0 Å². The predicted molar refractivity (Wildman–Crippen MR) is 120 cm³/mol. The molecule has 1 saturated heterocycles. The molecule has 1 N–H and O–H groups in total. The van der Waals surface area contributed by atoms with Gasteiger partial charge in [0.2, 0.25) is 5.91 Å². The van der Waals surface area contributed by atoms with E-state index in [9.17, 15) is 13.2 Å². The molecule has 1 amide bonds. The van der Waals surface area contributed by atoms with Crippen molar-refractivity contribution in [2.24, 2.45) is 4.99 Å². The molecule has 2 aliphatic rings. The molecule has 0 aliphatic carbocycles. The summed E-state index contributed by atoms with van der Waals surface area (Å²) < 4.78 is 23.8. The van der Waals surface area contributed by atoms with Crippen LogP contribution in [-0.2, 0) is 14.6 Å². The van der Waals surface area contributed by atoms with Gasteiger partial charge in [0.25, 0.3) is 0 Å². The van der Waals surface area contributed by atoms with Gasteiger partial charge in [0, 0.05) is 16.6 Å². The zero-order valence-corrected chi connectivity index (χ0v) is 18.0. The summed E-state index contributed by atoms with van der Waals surface area (Å²) in [4.78, 5) is 19.3. The van der Waals surface area contributed by atoms with E-state index in [1.807, 2.05) is 61.2 Å². The molecule has 29 heavy (non-hydrogen) atoms. The zero-order chi connectivity index (χ0) is 20.6. The zero-order valence-electron chi connectivity index (χ0n) is 16.3. The number of thioether (sulfide) groups is 1. The van der Waals surface area contributed by atoms with Crippen LogP contribution in [0, 0.1) is 13.8 Å². The molecule has 0 spiro atoms. The third-order valence-electron chi connectivity index (χ3n) is 4.91. The van der Waals surface area contributed by atoms with Crippen LogP contribution in [0.1, 0.15) is 11.1 Å². The molecule has 6 nitrogen and oxygen atoms in total. The number of benzene rings is 2. The highest BCUT2D eigenvalue weighted by Gasteiger charge is 2.44. The van der Waals surface area contributed by atoms with Gasteiger partial charge in [0.1, 0.15) is 6.54 Å². The number of hydrogen-bond donors (Lipinski definition) is 1. The van der Waals surface area contributed by atoms with Crippen molar-refractivity contribution >= 4 is 44.0 Å². The van der Waals surface area contributed by atoms with Crippen LogP contribution < -0.4 is 10.2 Å². The van der Waals surface area contributed by atoms with E-state index in [2.05, 4.69) is 16.4 Å². The first-order valence-electron chi connectivity index (χ1n) is 9.45. The Kier molecular flexibility index (Phi) is 5.40. The van der Waals surface area contributed by atoms with Gasteiger partial charge in [-0.05, 0) is 49.2 Å². The van der Waals surface area contributed by atoms with Gasteiger partial charge < -0.3 is 10.2 Å². The Morgan fingerprint density at radius 3 is 2.48 bits per heavy atom. The quantitative estimate of drug-likeness (QED) is 0.808. The molecule has 1 fully saturated rings. The van der Waals surface area contributed by atoms with E-state index < -0.39 is 9.84 Å². The summed E-state index contributed by atoms with van der Waals surface area (Å²) in [6.45, 7) is 4.14. The Hall–Kier alpha value is -2.32. The highest BCUT2D eigenvalue weighted by Crippen LogP contribution is 2.37. The van der Waals surface area contributed by atoms with Crippen molar-refractivity contribution in [1.82, 2.24) is 0 Å². The topological polar surface area (TPSA) is 78.8 Å². The maximum Gasteiger partial charge on any atom is 0.244 e. The lowest BCUT2D eigenvalue weighted by Crippen LogP contribution is -2.36. The van der Waals surface area contributed by atoms with E-state index in [0.29, 0.717) is 5.17 Å². The number of carbonyl (C=O) groups is 1. The van der Waals surface area contributed by atoms with Gasteiger partial charge in [0.15, 0.2) is 15.0 Å². The summed E-state index contributed by atoms with van der Waals surface area (Å²) in [5, 5.41) is 3.56. The number of sulfone groups is 1. The van der Waals surface area contributed by atoms with Crippen molar-refractivity contribution in [2.75, 3.05) is 28.3 Å². The maximum atomic E-state index is 12.8. The Morgan fingerprint density at radius 1 is 1.14 bits per heavy atom. The van der Waals surface area contributed by atoms with E-state index in [-0.39, 0.29) is 35.2 Å². The summed E-state index contributed by atoms with van der Waals surface area (Å²) in [5.74, 6) is 0.0837. The molecule has 0 unspecified atom stereocenters. The third-order valence-corrected chi connectivity index (χ3v) is 8.16. The largest absolute Gasteiger partial charge is 0.325 e. The molecule has 0 aromatic heterocycles. The van der Waals surface area contributed by atoms with Gasteiger partial charge in [0.05, 0.1) is 17.5 Å². The van der Waals surface area contributed by atoms with Crippen LogP contribution in [0.3, 0.4) is 0 Å². The van der Waals surface area contributed by atoms with Crippen molar-refractivity contribution in [1.29, 1.82) is 0 Å². The van der Waals surface area contributed by atoms with Gasteiger partial charge in [-0.1, -0.05) is 36.0 Å². The summed E-state index contributed by atoms with van der Waals surface area (Å²) >= 11 is 1.46.